The SMILES string of the molecule is CC1=[C-]CC(c2cccc3ccccc23)=C1.CC1=[C-]CC(c2cccc3ccccc23)=C1.Cl.[CH3-].[CH3-].[Ge]=[Zr]. The van der Waals surface area contributed by atoms with Crippen LogP contribution in [-0.2, 0) is 21.6 Å². The molecule has 188 valence electrons. The second kappa shape index (κ2) is 16.1. The fourth-order valence-corrected chi connectivity index (χ4v) is 4.55. The third kappa shape index (κ3) is 8.03. The summed E-state index contributed by atoms with van der Waals surface area (Å²) < 4.78 is 0. The Hall–Kier alpha value is -1.92. The summed E-state index contributed by atoms with van der Waals surface area (Å²) in [5.74, 6) is 0. The number of fused-ring (bicyclic) bond motifs is 2. The van der Waals surface area contributed by atoms with Gasteiger partial charge in [0.05, 0.1) is 0 Å². The average Bonchev–Trinajstić information content (AvgIpc) is 3.53. The summed E-state index contributed by atoms with van der Waals surface area (Å²) in [6.07, 6.45) is 13.1. The minimum absolute atomic E-state index is 0. The number of hydrogen-bond donors (Lipinski definition) is 0. The van der Waals surface area contributed by atoms with E-state index in [4.69, 9.17) is 0 Å². The molecule has 2 radical (unpaired) electrons. The van der Waals surface area contributed by atoms with E-state index in [9.17, 15) is 0 Å². The van der Waals surface area contributed by atoms with E-state index in [1.54, 1.807) is 21.6 Å². The molecule has 0 saturated heterocycles. The molecule has 0 saturated carbocycles. The van der Waals surface area contributed by atoms with E-state index in [1.165, 1.54) is 55.0 Å². The van der Waals surface area contributed by atoms with Gasteiger partial charge in [-0.25, -0.2) is 23.3 Å². The number of hydrogen-bond acceptors (Lipinski definition) is 0. The molecule has 4 aromatic rings. The Kier molecular flexibility index (Phi) is 14.4. The molecule has 4 aromatic carbocycles. The van der Waals surface area contributed by atoms with Gasteiger partial charge in [0, 0.05) is 0 Å². The second-order valence-corrected chi connectivity index (χ2v) is 8.47. The normalized spacial score (nSPS) is 13.1. The van der Waals surface area contributed by atoms with Crippen LogP contribution in [0.4, 0.5) is 0 Å². The van der Waals surface area contributed by atoms with E-state index < -0.39 is 0 Å². The zero-order valence-electron chi connectivity index (χ0n) is 22.1. The second-order valence-electron chi connectivity index (χ2n) is 8.47. The van der Waals surface area contributed by atoms with Crippen molar-refractivity contribution in [3.05, 3.63) is 146 Å². The Balaban J connectivity index is 0.000000322. The van der Waals surface area contributed by atoms with Crippen molar-refractivity contribution in [1.29, 1.82) is 0 Å². The number of benzene rings is 4. The van der Waals surface area contributed by atoms with E-state index >= 15 is 0 Å². The molecule has 3 heteroatoms. The van der Waals surface area contributed by atoms with Crippen LogP contribution < -0.4 is 0 Å². The summed E-state index contributed by atoms with van der Waals surface area (Å²) in [5.41, 5.74) is 7.97. The van der Waals surface area contributed by atoms with Gasteiger partial charge in [-0.05, 0) is 32.7 Å². The first kappa shape index (κ1) is 33.1. The van der Waals surface area contributed by atoms with Crippen molar-refractivity contribution in [2.24, 2.45) is 0 Å². The molecule has 0 heterocycles. The maximum absolute atomic E-state index is 3.36. The fourth-order valence-electron chi connectivity index (χ4n) is 4.55. The van der Waals surface area contributed by atoms with Crippen LogP contribution in [0.5, 0.6) is 0 Å². The minimum atomic E-state index is 0. The van der Waals surface area contributed by atoms with Crippen molar-refractivity contribution in [1.82, 2.24) is 0 Å². The zero-order chi connectivity index (χ0) is 23.9. The van der Waals surface area contributed by atoms with Crippen LogP contribution in [0.3, 0.4) is 0 Å². The van der Waals surface area contributed by atoms with E-state index in [2.05, 4.69) is 135 Å². The molecule has 0 fully saturated rings. The van der Waals surface area contributed by atoms with Gasteiger partial charge in [0.1, 0.15) is 0 Å². The molecule has 0 nitrogen and oxygen atoms in total. The Labute approximate surface area is 250 Å². The third-order valence-corrected chi connectivity index (χ3v) is 6.17. The average molecular weight is 641 g/mol. The summed E-state index contributed by atoms with van der Waals surface area (Å²) in [6.45, 7) is 4.22. The summed E-state index contributed by atoms with van der Waals surface area (Å²) in [4.78, 5) is 0. The van der Waals surface area contributed by atoms with Gasteiger partial charge in [0.25, 0.3) is 0 Å². The van der Waals surface area contributed by atoms with Crippen LogP contribution in [0.15, 0.2) is 108 Å². The van der Waals surface area contributed by atoms with Gasteiger partial charge in [-0.2, -0.15) is 0 Å². The van der Waals surface area contributed by atoms with Crippen LogP contribution in [0.25, 0.3) is 32.7 Å². The molecule has 0 N–H and O–H groups in total. The molecule has 0 unspecified atom stereocenters. The Morgan fingerprint density at radius 3 is 1.27 bits per heavy atom. The van der Waals surface area contributed by atoms with E-state index in [1.807, 2.05) is 0 Å². The quantitative estimate of drug-likeness (QED) is 0.151. The van der Waals surface area contributed by atoms with Crippen molar-refractivity contribution >= 4 is 57.2 Å². The van der Waals surface area contributed by atoms with Crippen molar-refractivity contribution in [3.63, 3.8) is 0 Å². The van der Waals surface area contributed by atoms with Gasteiger partial charge in [-0.1, -0.05) is 98.8 Å². The van der Waals surface area contributed by atoms with E-state index in [0.717, 1.165) is 12.8 Å². The van der Waals surface area contributed by atoms with Gasteiger partial charge >= 0.3 is 33.7 Å². The van der Waals surface area contributed by atoms with Gasteiger partial charge in [0.2, 0.25) is 0 Å². The molecule has 0 spiro atoms. The first-order chi connectivity index (χ1) is 16.7. The predicted molar refractivity (Wildman–Crippen MR) is 164 cm³/mol. The van der Waals surface area contributed by atoms with Crippen LogP contribution in [-0.4, -0.2) is 12.1 Å². The molecule has 37 heavy (non-hydrogen) atoms. The number of rotatable bonds is 2. The standard InChI is InChI=1S/2C16H13.2CH3.ClH.Ge.Zr/c2*1-12-9-10-14(11-12)16-8-4-6-13-5-2-3-7-15(13)16;;;;;/h2*2-8,11H,10H2,1H3;2*1H3;1H;;/q4*-1;;;. The first-order valence-corrected chi connectivity index (χ1v) is 18.9. The molecule has 0 aromatic heterocycles. The van der Waals surface area contributed by atoms with E-state index in [-0.39, 0.29) is 27.3 Å². The Bertz CT molecular complexity index is 1340. The molecular weight excluding hydrogens is 608 g/mol. The summed E-state index contributed by atoms with van der Waals surface area (Å²) in [7, 11) is 0. The van der Waals surface area contributed by atoms with E-state index in [0.29, 0.717) is 0 Å². The van der Waals surface area contributed by atoms with Crippen LogP contribution >= 0.6 is 12.4 Å². The Morgan fingerprint density at radius 1 is 0.568 bits per heavy atom. The van der Waals surface area contributed by atoms with Crippen LogP contribution in [0.1, 0.15) is 37.8 Å². The van der Waals surface area contributed by atoms with Crippen molar-refractivity contribution in [2.75, 3.05) is 0 Å². The molecular formula is C34H33ClGeZr-4. The maximum atomic E-state index is 3.36. The molecule has 0 bridgehead atoms. The van der Waals surface area contributed by atoms with Gasteiger partial charge < -0.3 is 14.9 Å². The topological polar surface area (TPSA) is 0 Å². The van der Waals surface area contributed by atoms with Crippen molar-refractivity contribution < 1.29 is 21.6 Å². The number of allylic oxidation sites excluding steroid dienone is 8. The van der Waals surface area contributed by atoms with Gasteiger partial charge in [-0.3, -0.25) is 12.2 Å². The van der Waals surface area contributed by atoms with Crippen molar-refractivity contribution in [3.8, 4) is 0 Å². The molecule has 0 aliphatic heterocycles. The molecule has 2 aliphatic rings. The molecule has 0 amide bonds. The monoisotopic (exact) mass is 640 g/mol. The molecule has 2 aliphatic carbocycles. The molecule has 6 rings (SSSR count). The summed E-state index contributed by atoms with van der Waals surface area (Å²) >= 11 is 3.64. The van der Waals surface area contributed by atoms with Gasteiger partial charge in [0.15, 0.2) is 0 Å². The summed E-state index contributed by atoms with van der Waals surface area (Å²) in [5, 5.41) is 5.30. The third-order valence-electron chi connectivity index (χ3n) is 6.17. The molecule has 0 atom stereocenters. The number of halogens is 1. The summed E-state index contributed by atoms with van der Waals surface area (Å²) in [6, 6.07) is 30.1. The Morgan fingerprint density at radius 2 is 0.919 bits per heavy atom. The predicted octanol–water partition coefficient (Wildman–Crippen LogP) is 9.69. The zero-order valence-corrected chi connectivity index (χ0v) is 27.4. The van der Waals surface area contributed by atoms with Gasteiger partial charge in [-0.15, -0.1) is 36.4 Å². The van der Waals surface area contributed by atoms with Crippen LogP contribution in [0, 0.1) is 27.0 Å². The first-order valence-electron chi connectivity index (χ1n) is 11.5. The fraction of sp³-hybridized carbons (Fsp3) is 0.118. The van der Waals surface area contributed by atoms with Crippen molar-refractivity contribution in [2.45, 2.75) is 26.7 Å². The van der Waals surface area contributed by atoms with Crippen LogP contribution in [0.2, 0.25) is 0 Å².